The van der Waals surface area contributed by atoms with Crippen molar-refractivity contribution in [3.05, 3.63) is 22.3 Å². The Hall–Kier alpha value is -1.15. The van der Waals surface area contributed by atoms with Gasteiger partial charge in [-0.15, -0.1) is 0 Å². The number of nitrogens with zero attached hydrogens (tertiary/aromatic N) is 1. The van der Waals surface area contributed by atoms with E-state index in [0.29, 0.717) is 5.69 Å². The van der Waals surface area contributed by atoms with Gasteiger partial charge in [0.2, 0.25) is 10.0 Å². The summed E-state index contributed by atoms with van der Waals surface area (Å²) in [5, 5.41) is 0. The molecule has 0 unspecified atom stereocenters. The number of carbonyl (C=O) groups excluding carboxylic acids is 1. The Labute approximate surface area is 114 Å². The molecule has 100 valence electrons. The van der Waals surface area contributed by atoms with Crippen molar-refractivity contribution in [2.75, 3.05) is 17.6 Å². The van der Waals surface area contributed by atoms with Gasteiger partial charge < -0.3 is 4.74 Å². The average Bonchev–Trinajstić information content (AvgIpc) is 2.30. The molecule has 0 spiro atoms. The number of aromatic nitrogens is 1. The number of ether oxygens (including phenoxy) is 1. The van der Waals surface area contributed by atoms with Crippen LogP contribution in [0.1, 0.15) is 12.1 Å². The van der Waals surface area contributed by atoms with Gasteiger partial charge >= 0.3 is 5.97 Å². The molecule has 0 atom stereocenters. The van der Waals surface area contributed by atoms with Gasteiger partial charge in [0.1, 0.15) is 5.82 Å². The predicted octanol–water partition coefficient (Wildman–Crippen LogP) is 1.46. The maximum Gasteiger partial charge on any atom is 0.306 e. The summed E-state index contributed by atoms with van der Waals surface area (Å²) in [7, 11) is -2.39. The summed E-state index contributed by atoms with van der Waals surface area (Å²) in [5.41, 5.74) is 0.670. The summed E-state index contributed by atoms with van der Waals surface area (Å²) in [4.78, 5) is 14.9. The normalized spacial score (nSPS) is 11.1. The molecule has 1 N–H and O–H groups in total. The molecule has 18 heavy (non-hydrogen) atoms. The highest BCUT2D eigenvalue weighted by atomic mass is 79.9. The number of aryl methyl sites for hydroxylation is 1. The van der Waals surface area contributed by atoms with Crippen LogP contribution in [0.4, 0.5) is 5.82 Å². The average molecular weight is 337 g/mol. The van der Waals surface area contributed by atoms with Crippen molar-refractivity contribution in [3.8, 4) is 0 Å². The molecule has 1 aromatic rings. The van der Waals surface area contributed by atoms with Crippen molar-refractivity contribution in [2.45, 2.75) is 13.3 Å². The summed E-state index contributed by atoms with van der Waals surface area (Å²) in [6.07, 6.45) is -0.193. The van der Waals surface area contributed by atoms with Crippen LogP contribution in [0.3, 0.4) is 0 Å². The van der Waals surface area contributed by atoms with Crippen LogP contribution >= 0.6 is 15.9 Å². The third-order valence-corrected chi connectivity index (χ3v) is 4.18. The van der Waals surface area contributed by atoms with Crippen LogP contribution < -0.4 is 4.72 Å². The van der Waals surface area contributed by atoms with E-state index in [1.165, 1.54) is 13.2 Å². The van der Waals surface area contributed by atoms with E-state index in [1.54, 1.807) is 13.0 Å². The second kappa shape index (κ2) is 6.14. The van der Waals surface area contributed by atoms with Crippen LogP contribution in [0.5, 0.6) is 0 Å². The number of halogens is 1. The highest BCUT2D eigenvalue weighted by molar-refractivity contribution is 9.10. The second-order valence-electron chi connectivity index (χ2n) is 3.51. The fourth-order valence-electron chi connectivity index (χ4n) is 1.13. The van der Waals surface area contributed by atoms with Crippen molar-refractivity contribution in [3.63, 3.8) is 0 Å². The Morgan fingerprint density at radius 2 is 2.17 bits per heavy atom. The maximum absolute atomic E-state index is 11.6. The van der Waals surface area contributed by atoms with Crippen LogP contribution in [-0.4, -0.2) is 32.2 Å². The van der Waals surface area contributed by atoms with E-state index in [-0.39, 0.29) is 18.0 Å². The van der Waals surface area contributed by atoms with E-state index < -0.39 is 16.0 Å². The topological polar surface area (TPSA) is 85.4 Å². The van der Waals surface area contributed by atoms with Gasteiger partial charge in [-0.1, -0.05) is 0 Å². The van der Waals surface area contributed by atoms with Crippen LogP contribution in [0.2, 0.25) is 0 Å². The van der Waals surface area contributed by atoms with E-state index in [1.807, 2.05) is 0 Å². The van der Waals surface area contributed by atoms with E-state index in [9.17, 15) is 13.2 Å². The van der Waals surface area contributed by atoms with Gasteiger partial charge in [0, 0.05) is 4.47 Å². The highest BCUT2D eigenvalue weighted by Crippen LogP contribution is 2.17. The summed E-state index contributed by atoms with van der Waals surface area (Å²) < 4.78 is 30.8. The summed E-state index contributed by atoms with van der Waals surface area (Å²) in [6.45, 7) is 1.75. The zero-order valence-electron chi connectivity index (χ0n) is 9.94. The maximum atomic E-state index is 11.6. The Bertz CT molecular complexity index is 545. The molecule has 0 aromatic carbocycles. The highest BCUT2D eigenvalue weighted by Gasteiger charge is 2.14. The number of anilines is 1. The van der Waals surface area contributed by atoms with E-state index in [0.717, 1.165) is 4.47 Å². The first-order valence-corrected chi connectivity index (χ1v) is 7.49. The lowest BCUT2D eigenvalue weighted by atomic mass is 10.4. The van der Waals surface area contributed by atoms with Gasteiger partial charge in [-0.05, 0) is 35.0 Å². The molecule has 0 saturated carbocycles. The number of rotatable bonds is 5. The number of hydrogen-bond acceptors (Lipinski definition) is 5. The first-order valence-electron chi connectivity index (χ1n) is 5.04. The van der Waals surface area contributed by atoms with Crippen molar-refractivity contribution < 1.29 is 17.9 Å². The van der Waals surface area contributed by atoms with E-state index in [2.05, 4.69) is 30.4 Å². The number of nitrogens with one attached hydrogen (secondary N) is 1. The van der Waals surface area contributed by atoms with Gasteiger partial charge in [0.05, 0.1) is 25.0 Å². The van der Waals surface area contributed by atoms with Crippen LogP contribution in [-0.2, 0) is 19.6 Å². The lowest BCUT2D eigenvalue weighted by Crippen LogP contribution is -2.20. The third kappa shape index (κ3) is 4.61. The smallest absolute Gasteiger partial charge is 0.306 e. The van der Waals surface area contributed by atoms with Crippen molar-refractivity contribution in [1.82, 2.24) is 4.98 Å². The van der Waals surface area contributed by atoms with Crippen molar-refractivity contribution in [2.24, 2.45) is 0 Å². The lowest BCUT2D eigenvalue weighted by Gasteiger charge is -2.07. The minimum Gasteiger partial charge on any atom is -0.469 e. The Morgan fingerprint density at radius 3 is 2.72 bits per heavy atom. The fraction of sp³-hybridized carbons (Fsp3) is 0.400. The van der Waals surface area contributed by atoms with Crippen molar-refractivity contribution in [1.29, 1.82) is 0 Å². The lowest BCUT2D eigenvalue weighted by molar-refractivity contribution is -0.140. The molecule has 0 bridgehead atoms. The van der Waals surface area contributed by atoms with Crippen LogP contribution in [0, 0.1) is 6.92 Å². The Morgan fingerprint density at radius 1 is 1.50 bits per heavy atom. The summed E-state index contributed by atoms with van der Waals surface area (Å²) in [6, 6.07) is 3.23. The predicted molar refractivity (Wildman–Crippen MR) is 70.7 cm³/mol. The molecule has 1 heterocycles. The fourth-order valence-corrected chi connectivity index (χ4v) is 2.32. The minimum absolute atomic E-state index is 0.193. The number of pyridine rings is 1. The number of hydrogen-bond donors (Lipinski definition) is 1. The zero-order valence-corrected chi connectivity index (χ0v) is 12.3. The molecule has 6 nitrogen and oxygen atoms in total. The number of methoxy groups -OCH3 is 1. The second-order valence-corrected chi connectivity index (χ2v) is 6.21. The number of esters is 1. The minimum atomic E-state index is -3.60. The molecular formula is C10H13BrN2O4S. The molecule has 0 amide bonds. The SMILES string of the molecule is COC(=O)CCS(=O)(=O)Nc1ccc(Br)c(C)n1. The van der Waals surface area contributed by atoms with Gasteiger partial charge in [-0.2, -0.15) is 0 Å². The monoisotopic (exact) mass is 336 g/mol. The molecule has 0 aliphatic heterocycles. The summed E-state index contributed by atoms with van der Waals surface area (Å²) >= 11 is 3.27. The Balaban J connectivity index is 2.70. The van der Waals surface area contributed by atoms with E-state index in [4.69, 9.17) is 0 Å². The molecule has 0 radical (unpaired) electrons. The molecule has 8 heteroatoms. The molecule has 1 aromatic heterocycles. The van der Waals surface area contributed by atoms with Gasteiger partial charge in [0.15, 0.2) is 0 Å². The first-order chi connectivity index (χ1) is 8.34. The van der Waals surface area contributed by atoms with Crippen molar-refractivity contribution >= 4 is 37.7 Å². The molecular weight excluding hydrogens is 324 g/mol. The molecule has 0 aliphatic rings. The molecule has 0 saturated heterocycles. The largest absolute Gasteiger partial charge is 0.469 e. The molecule has 1 rings (SSSR count). The zero-order chi connectivity index (χ0) is 13.8. The Kier molecular flexibility index (Phi) is 5.09. The van der Waals surface area contributed by atoms with Gasteiger partial charge in [-0.25, -0.2) is 13.4 Å². The number of sulfonamides is 1. The third-order valence-electron chi connectivity index (χ3n) is 2.08. The first kappa shape index (κ1) is 14.9. The quantitative estimate of drug-likeness (QED) is 0.822. The van der Waals surface area contributed by atoms with Crippen LogP contribution in [0.25, 0.3) is 0 Å². The van der Waals surface area contributed by atoms with Crippen LogP contribution in [0.15, 0.2) is 16.6 Å². The van der Waals surface area contributed by atoms with Gasteiger partial charge in [0.25, 0.3) is 0 Å². The molecule has 0 aliphatic carbocycles. The number of carbonyl (C=O) groups is 1. The molecule has 0 fully saturated rings. The van der Waals surface area contributed by atoms with E-state index >= 15 is 0 Å². The van der Waals surface area contributed by atoms with Gasteiger partial charge in [-0.3, -0.25) is 9.52 Å². The standard InChI is InChI=1S/C10H13BrN2O4S/c1-7-8(11)3-4-9(12-7)13-18(15,16)6-5-10(14)17-2/h3-4H,5-6H2,1-2H3,(H,12,13). The summed E-state index contributed by atoms with van der Waals surface area (Å²) in [5.74, 6) is -0.683.